The summed E-state index contributed by atoms with van der Waals surface area (Å²) in [5.74, 6) is 0.627. The van der Waals surface area contributed by atoms with E-state index in [1.807, 2.05) is 25.2 Å². The topological polar surface area (TPSA) is 32.3 Å². The SMILES string of the molecule is CC1CCNC1C(=O)N(C)Cc1cccc(Br)c1. The van der Waals surface area contributed by atoms with Gasteiger partial charge in [0, 0.05) is 18.1 Å². The van der Waals surface area contributed by atoms with E-state index in [1.54, 1.807) is 4.90 Å². The first-order valence-electron chi connectivity index (χ1n) is 6.30. The van der Waals surface area contributed by atoms with Crippen molar-refractivity contribution in [3.8, 4) is 0 Å². The Bertz CT molecular complexity index is 436. The summed E-state index contributed by atoms with van der Waals surface area (Å²) in [4.78, 5) is 14.1. The highest BCUT2D eigenvalue weighted by molar-refractivity contribution is 9.10. The van der Waals surface area contributed by atoms with Crippen molar-refractivity contribution >= 4 is 21.8 Å². The van der Waals surface area contributed by atoms with Gasteiger partial charge in [0.15, 0.2) is 0 Å². The van der Waals surface area contributed by atoms with E-state index in [0.717, 1.165) is 23.0 Å². The normalized spacial score (nSPS) is 23.1. The Morgan fingerprint density at radius 1 is 1.56 bits per heavy atom. The van der Waals surface area contributed by atoms with E-state index < -0.39 is 0 Å². The lowest BCUT2D eigenvalue weighted by molar-refractivity contribution is -0.133. The van der Waals surface area contributed by atoms with E-state index in [9.17, 15) is 4.79 Å². The van der Waals surface area contributed by atoms with Gasteiger partial charge in [-0.05, 0) is 36.6 Å². The van der Waals surface area contributed by atoms with Crippen LogP contribution >= 0.6 is 15.9 Å². The van der Waals surface area contributed by atoms with Crippen molar-refractivity contribution in [3.63, 3.8) is 0 Å². The quantitative estimate of drug-likeness (QED) is 0.930. The average Bonchev–Trinajstić information content (AvgIpc) is 2.74. The molecule has 0 aromatic heterocycles. The van der Waals surface area contributed by atoms with Crippen molar-refractivity contribution in [2.24, 2.45) is 5.92 Å². The number of amides is 1. The lowest BCUT2D eigenvalue weighted by atomic mass is 10.0. The maximum atomic E-state index is 12.3. The van der Waals surface area contributed by atoms with Crippen LogP contribution in [0.3, 0.4) is 0 Å². The van der Waals surface area contributed by atoms with Gasteiger partial charge in [0.05, 0.1) is 6.04 Å². The number of likely N-dealkylation sites (N-methyl/N-ethyl adjacent to an activating group) is 1. The molecule has 1 amide bonds. The standard InChI is InChI=1S/C14H19BrN2O/c1-10-6-7-16-13(10)14(18)17(2)9-11-4-3-5-12(15)8-11/h3-5,8,10,13,16H,6-7,9H2,1-2H3. The van der Waals surface area contributed by atoms with Crippen molar-refractivity contribution < 1.29 is 4.79 Å². The highest BCUT2D eigenvalue weighted by Crippen LogP contribution is 2.18. The summed E-state index contributed by atoms with van der Waals surface area (Å²) < 4.78 is 1.05. The van der Waals surface area contributed by atoms with Gasteiger partial charge in [-0.25, -0.2) is 0 Å². The molecule has 1 aromatic carbocycles. The zero-order valence-electron chi connectivity index (χ0n) is 10.8. The summed E-state index contributed by atoms with van der Waals surface area (Å²) in [6.45, 7) is 3.74. The highest BCUT2D eigenvalue weighted by atomic mass is 79.9. The predicted octanol–water partition coefficient (Wildman–Crippen LogP) is 2.41. The first-order valence-corrected chi connectivity index (χ1v) is 7.10. The number of carbonyl (C=O) groups is 1. The van der Waals surface area contributed by atoms with E-state index >= 15 is 0 Å². The zero-order valence-corrected chi connectivity index (χ0v) is 12.4. The summed E-state index contributed by atoms with van der Waals surface area (Å²) in [6, 6.07) is 8.07. The Hall–Kier alpha value is -0.870. The monoisotopic (exact) mass is 310 g/mol. The molecule has 1 N–H and O–H groups in total. The Morgan fingerprint density at radius 3 is 2.94 bits per heavy atom. The molecule has 2 atom stereocenters. The van der Waals surface area contributed by atoms with E-state index in [4.69, 9.17) is 0 Å². The molecule has 4 heteroatoms. The highest BCUT2D eigenvalue weighted by Gasteiger charge is 2.31. The Kier molecular flexibility index (Phi) is 4.40. The van der Waals surface area contributed by atoms with Gasteiger partial charge in [0.2, 0.25) is 5.91 Å². The van der Waals surface area contributed by atoms with Crippen LogP contribution in [-0.2, 0) is 11.3 Å². The molecule has 0 saturated carbocycles. The second-order valence-corrected chi connectivity index (χ2v) is 5.94. The van der Waals surface area contributed by atoms with Crippen molar-refractivity contribution in [2.45, 2.75) is 25.9 Å². The van der Waals surface area contributed by atoms with Crippen LogP contribution < -0.4 is 5.32 Å². The van der Waals surface area contributed by atoms with Crippen molar-refractivity contribution in [2.75, 3.05) is 13.6 Å². The lowest BCUT2D eigenvalue weighted by Gasteiger charge is -2.23. The van der Waals surface area contributed by atoms with Crippen molar-refractivity contribution in [1.29, 1.82) is 0 Å². The lowest BCUT2D eigenvalue weighted by Crippen LogP contribution is -2.43. The maximum absolute atomic E-state index is 12.3. The second kappa shape index (κ2) is 5.85. The van der Waals surface area contributed by atoms with E-state index in [0.29, 0.717) is 12.5 Å². The maximum Gasteiger partial charge on any atom is 0.240 e. The third kappa shape index (κ3) is 3.12. The van der Waals surface area contributed by atoms with Crippen molar-refractivity contribution in [1.82, 2.24) is 10.2 Å². The second-order valence-electron chi connectivity index (χ2n) is 5.02. The number of halogens is 1. The molecule has 18 heavy (non-hydrogen) atoms. The summed E-state index contributed by atoms with van der Waals surface area (Å²) in [5, 5.41) is 3.28. The molecule has 1 aliphatic heterocycles. The molecule has 0 bridgehead atoms. The number of rotatable bonds is 3. The molecule has 0 radical (unpaired) electrons. The fraction of sp³-hybridized carbons (Fsp3) is 0.500. The van der Waals surface area contributed by atoms with Gasteiger partial charge < -0.3 is 10.2 Å². The van der Waals surface area contributed by atoms with Gasteiger partial charge >= 0.3 is 0 Å². The molecule has 2 unspecified atom stereocenters. The molecule has 1 aromatic rings. The van der Waals surface area contributed by atoms with Gasteiger partial charge in [0.25, 0.3) is 0 Å². The van der Waals surface area contributed by atoms with E-state index in [1.165, 1.54) is 0 Å². The van der Waals surface area contributed by atoms with Crippen molar-refractivity contribution in [3.05, 3.63) is 34.3 Å². The van der Waals surface area contributed by atoms with Gasteiger partial charge in [-0.15, -0.1) is 0 Å². The van der Waals surface area contributed by atoms with Crippen LogP contribution in [0.4, 0.5) is 0 Å². The summed E-state index contributed by atoms with van der Waals surface area (Å²) >= 11 is 3.45. The number of carbonyl (C=O) groups excluding carboxylic acids is 1. The molecule has 1 saturated heterocycles. The van der Waals surface area contributed by atoms with Gasteiger partial charge in [-0.2, -0.15) is 0 Å². The summed E-state index contributed by atoms with van der Waals surface area (Å²) in [6.07, 6.45) is 1.08. The molecular weight excluding hydrogens is 292 g/mol. The molecular formula is C14H19BrN2O. The van der Waals surface area contributed by atoms with E-state index in [2.05, 4.69) is 34.2 Å². The molecule has 98 valence electrons. The third-order valence-electron chi connectivity index (χ3n) is 3.48. The molecule has 1 heterocycles. The van der Waals surface area contributed by atoms with Crippen LogP contribution in [0, 0.1) is 5.92 Å². The van der Waals surface area contributed by atoms with Crippen LogP contribution in [0.15, 0.2) is 28.7 Å². The van der Waals surface area contributed by atoms with Crippen LogP contribution in [0.1, 0.15) is 18.9 Å². The number of hydrogen-bond donors (Lipinski definition) is 1. The number of nitrogens with zero attached hydrogens (tertiary/aromatic N) is 1. The molecule has 1 fully saturated rings. The van der Waals surface area contributed by atoms with Crippen LogP contribution in [0.5, 0.6) is 0 Å². The van der Waals surface area contributed by atoms with E-state index in [-0.39, 0.29) is 11.9 Å². The number of benzene rings is 1. The van der Waals surface area contributed by atoms with Crippen LogP contribution in [-0.4, -0.2) is 30.4 Å². The third-order valence-corrected chi connectivity index (χ3v) is 3.98. The Balaban J connectivity index is 1.99. The Labute approximate surface area is 117 Å². The molecule has 0 spiro atoms. The first kappa shape index (κ1) is 13.6. The summed E-state index contributed by atoms with van der Waals surface area (Å²) in [5.41, 5.74) is 1.14. The Morgan fingerprint density at radius 2 is 2.33 bits per heavy atom. The largest absolute Gasteiger partial charge is 0.340 e. The fourth-order valence-electron chi connectivity index (χ4n) is 2.39. The van der Waals surface area contributed by atoms with Crippen LogP contribution in [0.2, 0.25) is 0 Å². The molecule has 2 rings (SSSR count). The number of hydrogen-bond acceptors (Lipinski definition) is 2. The summed E-state index contributed by atoms with van der Waals surface area (Å²) in [7, 11) is 1.87. The average molecular weight is 311 g/mol. The van der Waals surface area contributed by atoms with Gasteiger partial charge in [-0.3, -0.25) is 4.79 Å². The molecule has 1 aliphatic rings. The predicted molar refractivity (Wildman–Crippen MR) is 76.2 cm³/mol. The minimum atomic E-state index is -0.0119. The first-order chi connectivity index (χ1) is 8.58. The fourth-order valence-corrected chi connectivity index (χ4v) is 2.84. The smallest absolute Gasteiger partial charge is 0.240 e. The minimum absolute atomic E-state index is 0.0119. The molecule has 3 nitrogen and oxygen atoms in total. The zero-order chi connectivity index (χ0) is 13.1. The minimum Gasteiger partial charge on any atom is -0.340 e. The number of nitrogens with one attached hydrogen (secondary N) is 1. The van der Waals surface area contributed by atoms with Gasteiger partial charge in [0.1, 0.15) is 0 Å². The molecule has 0 aliphatic carbocycles. The van der Waals surface area contributed by atoms with Crippen LogP contribution in [0.25, 0.3) is 0 Å². The van der Waals surface area contributed by atoms with Gasteiger partial charge in [-0.1, -0.05) is 35.0 Å².